The number of hydrogen-bond donors (Lipinski definition) is 0. The number of pyridine rings is 1. The Balaban J connectivity index is 1.48. The third-order valence-corrected chi connectivity index (χ3v) is 6.33. The molecule has 0 saturated heterocycles. The van der Waals surface area contributed by atoms with E-state index in [0.29, 0.717) is 22.5 Å². The highest BCUT2D eigenvalue weighted by Gasteiger charge is 2.32. The van der Waals surface area contributed by atoms with Gasteiger partial charge in [-0.25, -0.2) is 9.48 Å². The van der Waals surface area contributed by atoms with Crippen molar-refractivity contribution in [2.75, 3.05) is 0 Å². The molecular weight excluding hydrogens is 509 g/mol. The Morgan fingerprint density at radius 2 is 1.59 bits per heavy atom. The van der Waals surface area contributed by atoms with Gasteiger partial charge in [-0.2, -0.15) is 22.8 Å². The van der Waals surface area contributed by atoms with E-state index in [1.54, 1.807) is 12.3 Å². The van der Waals surface area contributed by atoms with Gasteiger partial charge in [-0.3, -0.25) is 4.98 Å². The van der Waals surface area contributed by atoms with Crippen LogP contribution in [0.2, 0.25) is 0 Å². The summed E-state index contributed by atoms with van der Waals surface area (Å²) in [6, 6.07) is 19.4. The lowest BCUT2D eigenvalue weighted by atomic mass is 9.95. The standard InChI is InChI=1S/C28H19F3N6O2/c1-17-2-5-19(6-3-17)22-15-33-37-26(25(22)21-9-7-20(8-10-21)23-12-13-39-35-23)34-36(27(37)38)16-18-4-11-24(32-14-18)28(29,30)31/h2-15H,16H2,1H3. The third kappa shape index (κ3) is 4.58. The maximum Gasteiger partial charge on any atom is 0.433 e. The summed E-state index contributed by atoms with van der Waals surface area (Å²) in [6.45, 7) is 1.92. The van der Waals surface area contributed by atoms with E-state index in [9.17, 15) is 18.0 Å². The molecule has 0 spiro atoms. The van der Waals surface area contributed by atoms with Crippen LogP contribution in [0.25, 0.3) is 39.2 Å². The Kier molecular flexibility index (Phi) is 5.82. The molecule has 11 heteroatoms. The van der Waals surface area contributed by atoms with Crippen molar-refractivity contribution < 1.29 is 17.7 Å². The zero-order valence-electron chi connectivity index (χ0n) is 20.4. The molecule has 0 N–H and O–H groups in total. The number of aryl methyl sites for hydroxylation is 1. The lowest BCUT2D eigenvalue weighted by molar-refractivity contribution is -0.141. The Morgan fingerprint density at radius 1 is 0.872 bits per heavy atom. The number of halogens is 3. The average molecular weight is 528 g/mol. The second-order valence-corrected chi connectivity index (χ2v) is 8.99. The van der Waals surface area contributed by atoms with Crippen molar-refractivity contribution in [3.8, 4) is 33.5 Å². The van der Waals surface area contributed by atoms with Gasteiger partial charge in [-0.1, -0.05) is 65.3 Å². The van der Waals surface area contributed by atoms with Crippen LogP contribution in [0.15, 0.2) is 94.7 Å². The number of benzene rings is 2. The molecule has 0 unspecified atom stereocenters. The van der Waals surface area contributed by atoms with Crippen LogP contribution in [0.4, 0.5) is 13.2 Å². The van der Waals surface area contributed by atoms with Crippen LogP contribution in [0, 0.1) is 6.92 Å². The van der Waals surface area contributed by atoms with Crippen molar-refractivity contribution in [2.45, 2.75) is 19.6 Å². The van der Waals surface area contributed by atoms with Crippen LogP contribution in [-0.2, 0) is 12.7 Å². The summed E-state index contributed by atoms with van der Waals surface area (Å²) in [5, 5.41) is 12.9. The molecule has 0 radical (unpaired) electrons. The number of alkyl halides is 3. The van der Waals surface area contributed by atoms with Crippen molar-refractivity contribution in [1.82, 2.24) is 29.5 Å². The number of fused-ring (bicyclic) bond motifs is 1. The summed E-state index contributed by atoms with van der Waals surface area (Å²) < 4.78 is 46.0. The summed E-state index contributed by atoms with van der Waals surface area (Å²) >= 11 is 0. The first-order valence-corrected chi connectivity index (χ1v) is 11.9. The van der Waals surface area contributed by atoms with Gasteiger partial charge in [0.15, 0.2) is 5.65 Å². The smallest absolute Gasteiger partial charge is 0.364 e. The first-order valence-electron chi connectivity index (χ1n) is 11.9. The minimum absolute atomic E-state index is 0.0717. The summed E-state index contributed by atoms with van der Waals surface area (Å²) in [5.41, 5.74) is 4.94. The van der Waals surface area contributed by atoms with E-state index < -0.39 is 17.6 Å². The van der Waals surface area contributed by atoms with Crippen molar-refractivity contribution in [3.63, 3.8) is 0 Å². The van der Waals surface area contributed by atoms with Crippen LogP contribution >= 0.6 is 0 Å². The van der Waals surface area contributed by atoms with E-state index in [2.05, 4.69) is 20.3 Å². The van der Waals surface area contributed by atoms with Crippen molar-refractivity contribution in [2.24, 2.45) is 0 Å². The second-order valence-electron chi connectivity index (χ2n) is 8.99. The van der Waals surface area contributed by atoms with Gasteiger partial charge in [0.1, 0.15) is 17.7 Å². The first-order chi connectivity index (χ1) is 18.8. The SMILES string of the molecule is Cc1ccc(-c2cnn3c(=O)n(Cc4ccc(C(F)(F)F)nc4)nc3c2-c2ccc(-c3ccon3)cc2)cc1. The molecule has 6 aromatic rings. The molecule has 0 aliphatic heterocycles. The molecule has 39 heavy (non-hydrogen) atoms. The molecule has 0 bridgehead atoms. The van der Waals surface area contributed by atoms with E-state index >= 15 is 0 Å². The van der Waals surface area contributed by atoms with E-state index in [1.165, 1.54) is 21.5 Å². The van der Waals surface area contributed by atoms with Crippen molar-refractivity contribution in [3.05, 3.63) is 113 Å². The molecule has 0 aliphatic carbocycles. The third-order valence-electron chi connectivity index (χ3n) is 6.33. The maximum absolute atomic E-state index is 13.2. The number of rotatable bonds is 5. The molecule has 0 atom stereocenters. The lowest BCUT2D eigenvalue weighted by Gasteiger charge is -2.11. The van der Waals surface area contributed by atoms with Gasteiger partial charge in [0.25, 0.3) is 0 Å². The number of aromatic nitrogens is 6. The Hall–Kier alpha value is -5.06. The van der Waals surface area contributed by atoms with E-state index in [-0.39, 0.29) is 6.54 Å². The molecule has 194 valence electrons. The van der Waals surface area contributed by atoms with Crippen LogP contribution < -0.4 is 5.69 Å². The minimum atomic E-state index is -4.55. The van der Waals surface area contributed by atoms with Gasteiger partial charge in [0.05, 0.1) is 12.7 Å². The Morgan fingerprint density at radius 3 is 2.23 bits per heavy atom. The highest BCUT2D eigenvalue weighted by Crippen LogP contribution is 2.35. The normalized spacial score (nSPS) is 11.8. The van der Waals surface area contributed by atoms with Gasteiger partial charge in [-0.05, 0) is 29.7 Å². The first kappa shape index (κ1) is 24.3. The zero-order valence-corrected chi connectivity index (χ0v) is 20.4. The molecule has 8 nitrogen and oxygen atoms in total. The highest BCUT2D eigenvalue weighted by molar-refractivity contribution is 5.91. The minimum Gasteiger partial charge on any atom is -0.364 e. The molecule has 0 fully saturated rings. The topological polar surface area (TPSA) is 91.1 Å². The lowest BCUT2D eigenvalue weighted by Crippen LogP contribution is -2.23. The van der Waals surface area contributed by atoms with Gasteiger partial charge >= 0.3 is 11.9 Å². The van der Waals surface area contributed by atoms with Gasteiger partial charge in [0, 0.05) is 29.0 Å². The molecule has 0 amide bonds. The van der Waals surface area contributed by atoms with Crippen LogP contribution in [0.5, 0.6) is 0 Å². The van der Waals surface area contributed by atoms with Crippen LogP contribution in [0.3, 0.4) is 0 Å². The fourth-order valence-corrected chi connectivity index (χ4v) is 4.33. The Labute approximate surface area is 219 Å². The summed E-state index contributed by atoms with van der Waals surface area (Å²) in [7, 11) is 0. The van der Waals surface area contributed by atoms with E-state index in [1.807, 2.05) is 55.5 Å². The molecular formula is C28H19F3N6O2. The fourth-order valence-electron chi connectivity index (χ4n) is 4.33. The molecule has 2 aromatic carbocycles. The predicted molar refractivity (Wildman–Crippen MR) is 137 cm³/mol. The number of nitrogens with zero attached hydrogens (tertiary/aromatic N) is 6. The van der Waals surface area contributed by atoms with E-state index in [4.69, 9.17) is 4.52 Å². The quantitative estimate of drug-likeness (QED) is 0.287. The maximum atomic E-state index is 13.2. The largest absolute Gasteiger partial charge is 0.433 e. The van der Waals surface area contributed by atoms with Crippen LogP contribution in [-0.4, -0.2) is 29.5 Å². The number of hydrogen-bond acceptors (Lipinski definition) is 6. The molecule has 0 saturated carbocycles. The molecule has 6 rings (SSSR count). The van der Waals surface area contributed by atoms with E-state index in [0.717, 1.165) is 40.1 Å². The van der Waals surface area contributed by atoms with Crippen molar-refractivity contribution >= 4 is 5.65 Å². The summed E-state index contributed by atoms with van der Waals surface area (Å²) in [4.78, 5) is 16.7. The molecule has 4 heterocycles. The van der Waals surface area contributed by atoms with Crippen molar-refractivity contribution in [1.29, 1.82) is 0 Å². The Bertz CT molecular complexity index is 1820. The zero-order chi connectivity index (χ0) is 27.1. The molecule has 4 aromatic heterocycles. The summed E-state index contributed by atoms with van der Waals surface area (Å²) in [6.07, 6.45) is -0.344. The monoisotopic (exact) mass is 528 g/mol. The second kappa shape index (κ2) is 9.35. The van der Waals surface area contributed by atoms with Gasteiger partial charge < -0.3 is 4.52 Å². The molecule has 0 aliphatic rings. The highest BCUT2D eigenvalue weighted by atomic mass is 19.4. The van der Waals surface area contributed by atoms with Gasteiger partial charge in [0.2, 0.25) is 0 Å². The average Bonchev–Trinajstić information content (AvgIpc) is 3.58. The fraction of sp³-hybridized carbons (Fsp3) is 0.107. The summed E-state index contributed by atoms with van der Waals surface area (Å²) in [5.74, 6) is 0. The predicted octanol–water partition coefficient (Wildman–Crippen LogP) is 5.65. The van der Waals surface area contributed by atoms with Gasteiger partial charge in [-0.15, -0.1) is 5.10 Å². The van der Waals surface area contributed by atoms with Crippen LogP contribution in [0.1, 0.15) is 16.8 Å².